The molecule has 1 heterocycles. The third-order valence-electron chi connectivity index (χ3n) is 2.13. The first-order valence-corrected chi connectivity index (χ1v) is 5.58. The van der Waals surface area contributed by atoms with Gasteiger partial charge in [0.05, 0.1) is 0 Å². The number of aryl methyl sites for hydroxylation is 1. The maximum absolute atomic E-state index is 6.13. The molecule has 0 fully saturated rings. The van der Waals surface area contributed by atoms with Gasteiger partial charge in [-0.3, -0.25) is 0 Å². The summed E-state index contributed by atoms with van der Waals surface area (Å²) < 4.78 is 0. The minimum Gasteiger partial charge on any atom is -0.324 e. The summed E-state index contributed by atoms with van der Waals surface area (Å²) in [5, 5.41) is 2.12. The van der Waals surface area contributed by atoms with Crippen LogP contribution in [0.3, 0.4) is 0 Å². The zero-order chi connectivity index (χ0) is 10.1. The van der Waals surface area contributed by atoms with E-state index < -0.39 is 0 Å². The van der Waals surface area contributed by atoms with Crippen molar-refractivity contribution in [2.45, 2.75) is 40.2 Å². The summed E-state index contributed by atoms with van der Waals surface area (Å²) in [4.78, 5) is 1.36. The van der Waals surface area contributed by atoms with Crippen LogP contribution in [0, 0.1) is 12.3 Å². The minimum atomic E-state index is 0.200. The molecule has 1 unspecified atom stereocenters. The van der Waals surface area contributed by atoms with Gasteiger partial charge in [-0.15, -0.1) is 11.3 Å². The molecule has 74 valence electrons. The normalized spacial score (nSPS) is 14.5. The molecule has 1 aromatic rings. The minimum absolute atomic E-state index is 0.200. The van der Waals surface area contributed by atoms with Crippen LogP contribution in [0.2, 0.25) is 0 Å². The van der Waals surface area contributed by atoms with Crippen molar-refractivity contribution in [2.75, 3.05) is 0 Å². The standard InChI is InChI=1S/C11H19NS/c1-8-9(5-6-13-8)10(12)7-11(2,3)4/h5-6,10H,7,12H2,1-4H3. The second-order valence-electron chi connectivity index (χ2n) is 4.80. The molecule has 1 aromatic heterocycles. The smallest absolute Gasteiger partial charge is 0.0310 e. The van der Waals surface area contributed by atoms with Crippen LogP contribution < -0.4 is 5.73 Å². The van der Waals surface area contributed by atoms with Gasteiger partial charge in [0.1, 0.15) is 0 Å². The second kappa shape index (κ2) is 3.81. The molecule has 0 radical (unpaired) electrons. The highest BCUT2D eigenvalue weighted by Crippen LogP contribution is 2.30. The first-order valence-electron chi connectivity index (χ1n) is 4.70. The highest BCUT2D eigenvalue weighted by Gasteiger charge is 2.18. The maximum atomic E-state index is 6.13. The molecule has 0 aliphatic rings. The lowest BCUT2D eigenvalue weighted by molar-refractivity contribution is 0.342. The molecule has 2 heteroatoms. The van der Waals surface area contributed by atoms with Crippen molar-refractivity contribution in [3.63, 3.8) is 0 Å². The Labute approximate surface area is 85.0 Å². The molecule has 1 rings (SSSR count). The number of thiophene rings is 1. The van der Waals surface area contributed by atoms with E-state index in [4.69, 9.17) is 5.73 Å². The van der Waals surface area contributed by atoms with Crippen molar-refractivity contribution >= 4 is 11.3 Å². The lowest BCUT2D eigenvalue weighted by atomic mass is 9.86. The third-order valence-corrected chi connectivity index (χ3v) is 2.99. The Morgan fingerprint density at radius 2 is 2.08 bits per heavy atom. The highest BCUT2D eigenvalue weighted by atomic mass is 32.1. The average Bonchev–Trinajstić information content (AvgIpc) is 2.30. The number of nitrogens with two attached hydrogens (primary N) is 1. The molecule has 0 aliphatic carbocycles. The zero-order valence-electron chi connectivity index (χ0n) is 8.92. The fraction of sp³-hybridized carbons (Fsp3) is 0.636. The molecule has 13 heavy (non-hydrogen) atoms. The van der Waals surface area contributed by atoms with E-state index >= 15 is 0 Å². The summed E-state index contributed by atoms with van der Waals surface area (Å²) in [5.74, 6) is 0. The highest BCUT2D eigenvalue weighted by molar-refractivity contribution is 7.10. The van der Waals surface area contributed by atoms with Gasteiger partial charge in [-0.25, -0.2) is 0 Å². The quantitative estimate of drug-likeness (QED) is 0.771. The van der Waals surface area contributed by atoms with Crippen LogP contribution in [0.25, 0.3) is 0 Å². The predicted molar refractivity (Wildman–Crippen MR) is 60.1 cm³/mol. The van der Waals surface area contributed by atoms with Crippen LogP contribution >= 0.6 is 11.3 Å². The zero-order valence-corrected chi connectivity index (χ0v) is 9.74. The van der Waals surface area contributed by atoms with E-state index in [-0.39, 0.29) is 6.04 Å². The van der Waals surface area contributed by atoms with Crippen LogP contribution in [-0.4, -0.2) is 0 Å². The molecular weight excluding hydrogens is 178 g/mol. The Morgan fingerprint density at radius 1 is 1.46 bits per heavy atom. The topological polar surface area (TPSA) is 26.0 Å². The van der Waals surface area contributed by atoms with Crippen molar-refractivity contribution in [1.29, 1.82) is 0 Å². The fourth-order valence-corrected chi connectivity index (χ4v) is 2.32. The molecule has 0 aliphatic heterocycles. The second-order valence-corrected chi connectivity index (χ2v) is 5.92. The molecule has 1 nitrogen and oxygen atoms in total. The van der Waals surface area contributed by atoms with Gasteiger partial charge < -0.3 is 5.73 Å². The van der Waals surface area contributed by atoms with Gasteiger partial charge in [-0.1, -0.05) is 20.8 Å². The summed E-state index contributed by atoms with van der Waals surface area (Å²) in [5.41, 5.74) is 7.77. The van der Waals surface area contributed by atoms with Crippen molar-refractivity contribution in [3.8, 4) is 0 Å². The van der Waals surface area contributed by atoms with Crippen LogP contribution in [0.5, 0.6) is 0 Å². The monoisotopic (exact) mass is 197 g/mol. The molecule has 0 spiro atoms. The van der Waals surface area contributed by atoms with E-state index in [1.54, 1.807) is 11.3 Å². The Balaban J connectivity index is 2.69. The van der Waals surface area contributed by atoms with Crippen molar-refractivity contribution in [1.82, 2.24) is 0 Å². The van der Waals surface area contributed by atoms with Crippen molar-refractivity contribution < 1.29 is 0 Å². The Bertz CT molecular complexity index is 270. The Morgan fingerprint density at radius 3 is 2.46 bits per heavy atom. The average molecular weight is 197 g/mol. The van der Waals surface area contributed by atoms with E-state index in [2.05, 4.69) is 39.1 Å². The molecule has 2 N–H and O–H groups in total. The first-order chi connectivity index (χ1) is 5.90. The van der Waals surface area contributed by atoms with Crippen LogP contribution in [-0.2, 0) is 0 Å². The summed E-state index contributed by atoms with van der Waals surface area (Å²) in [6, 6.07) is 2.35. The van der Waals surface area contributed by atoms with Gasteiger partial charge in [0, 0.05) is 10.9 Å². The van der Waals surface area contributed by atoms with Crippen LogP contribution in [0.15, 0.2) is 11.4 Å². The molecule has 1 atom stereocenters. The molecule has 0 aromatic carbocycles. The lowest BCUT2D eigenvalue weighted by Gasteiger charge is -2.23. The predicted octanol–water partition coefficient (Wildman–Crippen LogP) is 3.49. The third kappa shape index (κ3) is 3.12. The summed E-state index contributed by atoms with van der Waals surface area (Å²) in [6.45, 7) is 8.83. The Hall–Kier alpha value is -0.340. The molecule has 0 saturated carbocycles. The summed E-state index contributed by atoms with van der Waals surface area (Å²) >= 11 is 1.78. The van der Waals surface area contributed by atoms with Gasteiger partial charge in [-0.05, 0) is 35.8 Å². The molecule has 0 amide bonds. The number of hydrogen-bond donors (Lipinski definition) is 1. The fourth-order valence-electron chi connectivity index (χ4n) is 1.55. The lowest BCUT2D eigenvalue weighted by Crippen LogP contribution is -2.18. The number of rotatable bonds is 2. The van der Waals surface area contributed by atoms with E-state index in [9.17, 15) is 0 Å². The van der Waals surface area contributed by atoms with E-state index in [1.165, 1.54) is 10.4 Å². The molecule has 0 bridgehead atoms. The van der Waals surface area contributed by atoms with Crippen molar-refractivity contribution in [2.24, 2.45) is 11.1 Å². The largest absolute Gasteiger partial charge is 0.324 e. The van der Waals surface area contributed by atoms with Crippen LogP contribution in [0.4, 0.5) is 0 Å². The first kappa shape index (κ1) is 10.7. The summed E-state index contributed by atoms with van der Waals surface area (Å²) in [7, 11) is 0. The van der Waals surface area contributed by atoms with Crippen LogP contribution in [0.1, 0.15) is 43.7 Å². The van der Waals surface area contributed by atoms with E-state index in [0.29, 0.717) is 5.41 Å². The van der Waals surface area contributed by atoms with Gasteiger partial charge in [0.15, 0.2) is 0 Å². The van der Waals surface area contributed by atoms with Crippen molar-refractivity contribution in [3.05, 3.63) is 21.9 Å². The van der Waals surface area contributed by atoms with E-state index in [1.807, 2.05) is 0 Å². The summed E-state index contributed by atoms with van der Waals surface area (Å²) in [6.07, 6.45) is 1.05. The van der Waals surface area contributed by atoms with Gasteiger partial charge in [0.2, 0.25) is 0 Å². The van der Waals surface area contributed by atoms with Gasteiger partial charge in [-0.2, -0.15) is 0 Å². The number of hydrogen-bond acceptors (Lipinski definition) is 2. The SMILES string of the molecule is Cc1sccc1C(N)CC(C)(C)C. The van der Waals surface area contributed by atoms with Gasteiger partial charge >= 0.3 is 0 Å². The van der Waals surface area contributed by atoms with E-state index in [0.717, 1.165) is 6.42 Å². The molecule has 0 saturated heterocycles. The maximum Gasteiger partial charge on any atom is 0.0310 e. The van der Waals surface area contributed by atoms with Gasteiger partial charge in [0.25, 0.3) is 0 Å². The Kier molecular flexibility index (Phi) is 3.14. The molecular formula is C11H19NS.